The molecular formula is C10H7Cl2N3O4S2. The minimum absolute atomic E-state index is 0.0544. The van der Waals surface area contributed by atoms with Crippen molar-refractivity contribution in [2.75, 3.05) is 11.8 Å². The summed E-state index contributed by atoms with van der Waals surface area (Å²) in [5.74, 6) is -0.934. The van der Waals surface area contributed by atoms with Crippen LogP contribution in [-0.4, -0.2) is 31.5 Å². The van der Waals surface area contributed by atoms with Crippen molar-refractivity contribution >= 4 is 56.3 Å². The summed E-state index contributed by atoms with van der Waals surface area (Å²) >= 11 is 12.4. The predicted molar refractivity (Wildman–Crippen MR) is 78.5 cm³/mol. The zero-order valence-corrected chi connectivity index (χ0v) is 13.5. The second-order valence-electron chi connectivity index (χ2n) is 3.54. The molecule has 0 unspecified atom stereocenters. The first-order valence-electron chi connectivity index (χ1n) is 5.21. The molecule has 2 rings (SSSR count). The van der Waals surface area contributed by atoms with Crippen molar-refractivity contribution in [2.45, 2.75) is 4.90 Å². The summed E-state index contributed by atoms with van der Waals surface area (Å²) in [4.78, 5) is 18.6. The van der Waals surface area contributed by atoms with Gasteiger partial charge in [0, 0.05) is 0 Å². The van der Waals surface area contributed by atoms with E-state index in [1.165, 1.54) is 11.4 Å². The number of rotatable bonds is 4. The lowest BCUT2D eigenvalue weighted by Gasteiger charge is -2.08. The Balaban J connectivity index is 2.42. The number of halogens is 2. The second-order valence-corrected chi connectivity index (χ2v) is 6.84. The molecule has 0 atom stereocenters. The van der Waals surface area contributed by atoms with Gasteiger partial charge < -0.3 is 4.74 Å². The van der Waals surface area contributed by atoms with E-state index in [1.54, 1.807) is 0 Å². The molecular weight excluding hydrogens is 361 g/mol. The van der Waals surface area contributed by atoms with Gasteiger partial charge in [-0.05, 0) is 11.4 Å². The van der Waals surface area contributed by atoms with Gasteiger partial charge in [0.15, 0.2) is 11.0 Å². The molecule has 7 nitrogen and oxygen atoms in total. The number of anilines is 1. The van der Waals surface area contributed by atoms with E-state index in [0.717, 1.165) is 24.8 Å². The smallest absolute Gasteiger partial charge is 0.349 e. The van der Waals surface area contributed by atoms with Gasteiger partial charge in [-0.2, -0.15) is 0 Å². The highest BCUT2D eigenvalue weighted by molar-refractivity contribution is 7.93. The fraction of sp³-hybridized carbons (Fsp3) is 0.100. The molecule has 2 heterocycles. The van der Waals surface area contributed by atoms with Crippen molar-refractivity contribution in [3.05, 3.63) is 32.8 Å². The number of carbonyl (C=O) groups is 1. The first-order chi connectivity index (χ1) is 9.86. The number of hydrogen-bond donors (Lipinski definition) is 1. The zero-order valence-electron chi connectivity index (χ0n) is 10.3. The maximum absolute atomic E-state index is 12.3. The average Bonchev–Trinajstić information content (AvgIpc) is 2.93. The van der Waals surface area contributed by atoms with Gasteiger partial charge in [0.2, 0.25) is 0 Å². The summed E-state index contributed by atoms with van der Waals surface area (Å²) in [7, 11) is -2.91. The molecule has 0 saturated carbocycles. The second kappa shape index (κ2) is 6.14. The third kappa shape index (κ3) is 3.26. The highest BCUT2D eigenvalue weighted by Gasteiger charge is 2.26. The molecule has 112 valence electrons. The molecule has 0 bridgehead atoms. The summed E-state index contributed by atoms with van der Waals surface area (Å²) < 4.78 is 31.3. The van der Waals surface area contributed by atoms with Gasteiger partial charge >= 0.3 is 5.97 Å². The number of ether oxygens (including phenoxy) is 1. The molecule has 0 aliphatic heterocycles. The van der Waals surface area contributed by atoms with E-state index in [4.69, 9.17) is 23.2 Å². The molecule has 0 radical (unpaired) electrons. The maximum Gasteiger partial charge on any atom is 0.349 e. The van der Waals surface area contributed by atoms with Crippen LogP contribution < -0.4 is 4.72 Å². The number of methoxy groups -OCH3 is 1. The van der Waals surface area contributed by atoms with Gasteiger partial charge in [-0.3, -0.25) is 4.72 Å². The molecule has 21 heavy (non-hydrogen) atoms. The van der Waals surface area contributed by atoms with E-state index in [9.17, 15) is 13.2 Å². The molecule has 0 aromatic carbocycles. The lowest BCUT2D eigenvalue weighted by molar-refractivity contribution is 0.0602. The molecule has 0 aliphatic carbocycles. The van der Waals surface area contributed by atoms with Crippen molar-refractivity contribution in [3.8, 4) is 0 Å². The van der Waals surface area contributed by atoms with Crippen LogP contribution in [0.1, 0.15) is 9.67 Å². The van der Waals surface area contributed by atoms with Crippen LogP contribution in [0.3, 0.4) is 0 Å². The van der Waals surface area contributed by atoms with Crippen LogP contribution in [0.2, 0.25) is 10.2 Å². The van der Waals surface area contributed by atoms with E-state index < -0.39 is 16.0 Å². The van der Waals surface area contributed by atoms with Gasteiger partial charge in [0.25, 0.3) is 10.0 Å². The van der Waals surface area contributed by atoms with E-state index in [1.807, 2.05) is 0 Å². The van der Waals surface area contributed by atoms with E-state index in [0.29, 0.717) is 0 Å². The summed E-state index contributed by atoms with van der Waals surface area (Å²) in [5.41, 5.74) is 0. The topological polar surface area (TPSA) is 98.2 Å². The monoisotopic (exact) mass is 367 g/mol. The first kappa shape index (κ1) is 16.0. The van der Waals surface area contributed by atoms with Crippen LogP contribution in [0.15, 0.2) is 22.7 Å². The van der Waals surface area contributed by atoms with Gasteiger partial charge in [-0.15, -0.1) is 11.3 Å². The number of nitrogens with zero attached hydrogens (tertiary/aromatic N) is 2. The van der Waals surface area contributed by atoms with E-state index >= 15 is 0 Å². The Hall–Kier alpha value is -1.42. The lowest BCUT2D eigenvalue weighted by Crippen LogP contribution is -2.17. The fourth-order valence-electron chi connectivity index (χ4n) is 1.35. The summed E-state index contributed by atoms with van der Waals surface area (Å²) in [6.45, 7) is 0. The van der Waals surface area contributed by atoms with Gasteiger partial charge in [-0.25, -0.2) is 23.2 Å². The Bertz CT molecular complexity index is 791. The van der Waals surface area contributed by atoms with Crippen LogP contribution in [0, 0.1) is 0 Å². The average molecular weight is 368 g/mol. The lowest BCUT2D eigenvalue weighted by atomic mass is 10.5. The largest absolute Gasteiger partial charge is 0.465 e. The Kier molecular flexibility index (Phi) is 4.67. The van der Waals surface area contributed by atoms with Crippen LogP contribution in [0.5, 0.6) is 0 Å². The Morgan fingerprint density at radius 3 is 2.76 bits per heavy atom. The highest BCUT2D eigenvalue weighted by Crippen LogP contribution is 2.29. The van der Waals surface area contributed by atoms with Crippen molar-refractivity contribution in [1.82, 2.24) is 9.97 Å². The summed E-state index contributed by atoms with van der Waals surface area (Å²) in [6.07, 6.45) is 1.06. The molecule has 2 aromatic heterocycles. The highest BCUT2D eigenvalue weighted by atomic mass is 35.5. The van der Waals surface area contributed by atoms with Crippen LogP contribution in [0.4, 0.5) is 5.82 Å². The molecule has 0 aliphatic rings. The van der Waals surface area contributed by atoms with Crippen LogP contribution in [-0.2, 0) is 14.8 Å². The minimum atomic E-state index is -4.07. The molecule has 0 saturated heterocycles. The zero-order chi connectivity index (χ0) is 15.6. The predicted octanol–water partition coefficient (Wildman–Crippen LogP) is 2.43. The fourth-order valence-corrected chi connectivity index (χ4v) is 4.04. The first-order valence-corrected chi connectivity index (χ1v) is 8.33. The maximum atomic E-state index is 12.3. The standard InChI is InChI=1S/C10H7Cl2N3O4S2/c1-19-10(16)7-5(2-3-20-7)21(17,18)15-9-6(11)8(12)13-4-14-9/h2-4H,1H3,(H,13,14,15). The van der Waals surface area contributed by atoms with Crippen molar-refractivity contribution in [1.29, 1.82) is 0 Å². The van der Waals surface area contributed by atoms with Gasteiger partial charge in [0.1, 0.15) is 21.1 Å². The van der Waals surface area contributed by atoms with Crippen molar-refractivity contribution in [2.24, 2.45) is 0 Å². The number of aromatic nitrogens is 2. The van der Waals surface area contributed by atoms with E-state index in [-0.39, 0.29) is 25.8 Å². The van der Waals surface area contributed by atoms with Crippen molar-refractivity contribution < 1.29 is 17.9 Å². The Morgan fingerprint density at radius 1 is 1.38 bits per heavy atom. The van der Waals surface area contributed by atoms with Gasteiger partial charge in [-0.1, -0.05) is 23.2 Å². The number of carbonyl (C=O) groups excluding carboxylic acids is 1. The SMILES string of the molecule is COC(=O)c1sccc1S(=O)(=O)Nc1ncnc(Cl)c1Cl. The summed E-state index contributed by atoms with van der Waals surface area (Å²) in [6, 6.07) is 1.27. The quantitative estimate of drug-likeness (QED) is 0.658. The van der Waals surface area contributed by atoms with Gasteiger partial charge in [0.05, 0.1) is 7.11 Å². The summed E-state index contributed by atoms with van der Waals surface area (Å²) in [5, 5.41) is 1.22. The molecule has 0 amide bonds. The Morgan fingerprint density at radius 2 is 2.10 bits per heavy atom. The number of nitrogens with one attached hydrogen (secondary N) is 1. The molecule has 11 heteroatoms. The molecule has 1 N–H and O–H groups in total. The molecule has 0 spiro atoms. The number of thiophene rings is 1. The third-order valence-electron chi connectivity index (χ3n) is 2.27. The Labute approximate surface area is 133 Å². The van der Waals surface area contributed by atoms with E-state index in [2.05, 4.69) is 19.4 Å². The minimum Gasteiger partial charge on any atom is -0.465 e. The van der Waals surface area contributed by atoms with Crippen molar-refractivity contribution in [3.63, 3.8) is 0 Å². The normalized spacial score (nSPS) is 11.2. The number of sulfonamides is 1. The van der Waals surface area contributed by atoms with Crippen LogP contribution >= 0.6 is 34.5 Å². The third-order valence-corrected chi connectivity index (χ3v) is 5.41. The number of hydrogen-bond acceptors (Lipinski definition) is 7. The number of esters is 1. The molecule has 2 aromatic rings. The molecule has 0 fully saturated rings. The van der Waals surface area contributed by atoms with Crippen LogP contribution in [0.25, 0.3) is 0 Å².